The van der Waals surface area contributed by atoms with E-state index in [-0.39, 0.29) is 17.4 Å². The van der Waals surface area contributed by atoms with E-state index in [1.54, 1.807) is 13.8 Å². The Bertz CT molecular complexity index is 459. The molecule has 1 aromatic rings. The Balaban J connectivity index is 2.84. The lowest BCUT2D eigenvalue weighted by atomic mass is 10.1. The number of sulfonamides is 1. The standard InChI is InChI=1S/C10H19N3O3S/c1-6(2)9(14)5-11-17(15,16)10-7(3)12-13-8(10)4/h6,9,11,14H,5H2,1-4H3,(H,12,13). The van der Waals surface area contributed by atoms with Gasteiger partial charge in [0.15, 0.2) is 0 Å². The second kappa shape index (κ2) is 5.16. The van der Waals surface area contributed by atoms with E-state index in [9.17, 15) is 13.5 Å². The van der Waals surface area contributed by atoms with Crippen LogP contribution in [0.15, 0.2) is 4.90 Å². The van der Waals surface area contributed by atoms with E-state index in [1.165, 1.54) is 0 Å². The largest absolute Gasteiger partial charge is 0.391 e. The second-order valence-corrected chi connectivity index (χ2v) is 6.13. The van der Waals surface area contributed by atoms with Crippen molar-refractivity contribution in [3.8, 4) is 0 Å². The molecule has 1 rings (SSSR count). The highest BCUT2D eigenvalue weighted by atomic mass is 32.2. The molecule has 0 saturated heterocycles. The number of rotatable bonds is 5. The topological polar surface area (TPSA) is 95.1 Å². The normalized spacial score (nSPS) is 14.2. The van der Waals surface area contributed by atoms with E-state index in [0.717, 1.165) is 0 Å². The summed E-state index contributed by atoms with van der Waals surface area (Å²) in [5.74, 6) is 0.00393. The molecule has 6 nitrogen and oxygen atoms in total. The highest BCUT2D eigenvalue weighted by Crippen LogP contribution is 2.16. The number of aromatic amines is 1. The molecule has 0 aliphatic carbocycles. The molecule has 0 bridgehead atoms. The smallest absolute Gasteiger partial charge is 0.244 e. The average molecular weight is 261 g/mol. The molecule has 0 aliphatic heterocycles. The highest BCUT2D eigenvalue weighted by Gasteiger charge is 2.23. The molecule has 0 spiro atoms. The maximum Gasteiger partial charge on any atom is 0.244 e. The molecule has 0 amide bonds. The number of nitrogens with one attached hydrogen (secondary N) is 2. The van der Waals surface area contributed by atoms with Crippen molar-refractivity contribution in [1.29, 1.82) is 0 Å². The maximum absolute atomic E-state index is 12.0. The molecular weight excluding hydrogens is 242 g/mol. The van der Waals surface area contributed by atoms with E-state index in [4.69, 9.17) is 0 Å². The summed E-state index contributed by atoms with van der Waals surface area (Å²) in [4.78, 5) is 0.161. The van der Waals surface area contributed by atoms with E-state index in [0.29, 0.717) is 11.4 Å². The van der Waals surface area contributed by atoms with Gasteiger partial charge in [-0.15, -0.1) is 0 Å². The van der Waals surface area contributed by atoms with Crippen molar-refractivity contribution < 1.29 is 13.5 Å². The van der Waals surface area contributed by atoms with Gasteiger partial charge in [0.25, 0.3) is 0 Å². The van der Waals surface area contributed by atoms with Gasteiger partial charge in [0, 0.05) is 6.54 Å². The SMILES string of the molecule is Cc1n[nH]c(C)c1S(=O)(=O)NCC(O)C(C)C. The monoisotopic (exact) mass is 261 g/mol. The van der Waals surface area contributed by atoms with Gasteiger partial charge in [-0.1, -0.05) is 13.8 Å². The first-order chi connectivity index (χ1) is 7.75. The molecule has 0 saturated carbocycles. The Morgan fingerprint density at radius 2 is 2.00 bits per heavy atom. The van der Waals surface area contributed by atoms with Gasteiger partial charge in [0.2, 0.25) is 10.0 Å². The Hall–Kier alpha value is -0.920. The summed E-state index contributed by atoms with van der Waals surface area (Å²) in [5, 5.41) is 16.0. The van der Waals surface area contributed by atoms with Gasteiger partial charge in [0.05, 0.1) is 17.5 Å². The molecule has 1 heterocycles. The van der Waals surface area contributed by atoms with Crippen LogP contribution in [-0.4, -0.2) is 36.4 Å². The van der Waals surface area contributed by atoms with Gasteiger partial charge in [-0.2, -0.15) is 5.10 Å². The number of aliphatic hydroxyl groups excluding tert-OH is 1. The first kappa shape index (κ1) is 14.1. The van der Waals surface area contributed by atoms with Crippen molar-refractivity contribution in [1.82, 2.24) is 14.9 Å². The summed E-state index contributed by atoms with van der Waals surface area (Å²) in [6.45, 7) is 6.93. The lowest BCUT2D eigenvalue weighted by Crippen LogP contribution is -2.35. The number of H-pyrrole nitrogens is 1. The molecule has 98 valence electrons. The van der Waals surface area contributed by atoms with Crippen LogP contribution in [0.2, 0.25) is 0 Å². The van der Waals surface area contributed by atoms with Gasteiger partial charge in [-0.05, 0) is 19.8 Å². The van der Waals surface area contributed by atoms with Gasteiger partial charge in [0.1, 0.15) is 4.90 Å². The van der Waals surface area contributed by atoms with E-state index in [2.05, 4.69) is 14.9 Å². The number of hydrogen-bond donors (Lipinski definition) is 3. The summed E-state index contributed by atoms with van der Waals surface area (Å²) in [6.07, 6.45) is -0.697. The number of aliphatic hydroxyl groups is 1. The zero-order valence-electron chi connectivity index (χ0n) is 10.5. The molecule has 1 aromatic heterocycles. The van der Waals surface area contributed by atoms with Crippen LogP contribution < -0.4 is 4.72 Å². The van der Waals surface area contributed by atoms with Crippen LogP contribution in [0.25, 0.3) is 0 Å². The van der Waals surface area contributed by atoms with Gasteiger partial charge < -0.3 is 5.11 Å². The Kier molecular flexibility index (Phi) is 4.29. The second-order valence-electron chi connectivity index (χ2n) is 4.43. The molecule has 3 N–H and O–H groups in total. The molecule has 17 heavy (non-hydrogen) atoms. The average Bonchev–Trinajstić information content (AvgIpc) is 2.55. The van der Waals surface area contributed by atoms with Crippen LogP contribution >= 0.6 is 0 Å². The van der Waals surface area contributed by atoms with Crippen molar-refractivity contribution in [3.63, 3.8) is 0 Å². The first-order valence-electron chi connectivity index (χ1n) is 5.45. The predicted molar refractivity (Wildman–Crippen MR) is 64.1 cm³/mol. The lowest BCUT2D eigenvalue weighted by Gasteiger charge is -2.15. The van der Waals surface area contributed by atoms with Gasteiger partial charge >= 0.3 is 0 Å². The van der Waals surface area contributed by atoms with Crippen molar-refractivity contribution in [2.45, 2.75) is 38.7 Å². The lowest BCUT2D eigenvalue weighted by molar-refractivity contribution is 0.129. The fraction of sp³-hybridized carbons (Fsp3) is 0.700. The molecule has 0 fully saturated rings. The zero-order valence-corrected chi connectivity index (χ0v) is 11.3. The van der Waals surface area contributed by atoms with Crippen LogP contribution in [0, 0.1) is 19.8 Å². The van der Waals surface area contributed by atoms with Gasteiger partial charge in [-0.3, -0.25) is 5.10 Å². The number of aromatic nitrogens is 2. The third kappa shape index (κ3) is 3.27. The van der Waals surface area contributed by atoms with Crippen molar-refractivity contribution in [2.75, 3.05) is 6.54 Å². The Morgan fingerprint density at radius 3 is 2.41 bits per heavy atom. The minimum Gasteiger partial charge on any atom is -0.391 e. The maximum atomic E-state index is 12.0. The first-order valence-corrected chi connectivity index (χ1v) is 6.93. The van der Waals surface area contributed by atoms with E-state index in [1.807, 2.05) is 13.8 Å². The van der Waals surface area contributed by atoms with Crippen LogP contribution in [0.1, 0.15) is 25.2 Å². The predicted octanol–water partition coefficient (Wildman–Crippen LogP) is 0.322. The minimum atomic E-state index is -3.61. The van der Waals surface area contributed by atoms with Crippen LogP contribution in [0.3, 0.4) is 0 Å². The van der Waals surface area contributed by atoms with Crippen LogP contribution in [-0.2, 0) is 10.0 Å². The summed E-state index contributed by atoms with van der Waals surface area (Å²) in [7, 11) is -3.61. The van der Waals surface area contributed by atoms with Gasteiger partial charge in [-0.25, -0.2) is 13.1 Å². The summed E-state index contributed by atoms with van der Waals surface area (Å²) in [5.41, 5.74) is 0.920. The number of aryl methyl sites for hydroxylation is 2. The molecule has 1 atom stereocenters. The Labute approximate surface area is 101 Å². The Morgan fingerprint density at radius 1 is 1.41 bits per heavy atom. The number of nitrogens with zero attached hydrogens (tertiary/aromatic N) is 1. The molecular formula is C10H19N3O3S. The highest BCUT2D eigenvalue weighted by molar-refractivity contribution is 7.89. The summed E-state index contributed by atoms with van der Waals surface area (Å²) >= 11 is 0. The minimum absolute atomic E-state index is 0.00393. The zero-order chi connectivity index (χ0) is 13.2. The molecule has 0 aliphatic rings. The van der Waals surface area contributed by atoms with Crippen LogP contribution in [0.5, 0.6) is 0 Å². The molecule has 0 radical (unpaired) electrons. The molecule has 1 unspecified atom stereocenters. The van der Waals surface area contributed by atoms with Crippen molar-refractivity contribution in [2.24, 2.45) is 5.92 Å². The quantitative estimate of drug-likeness (QED) is 0.711. The third-order valence-corrected chi connectivity index (χ3v) is 4.27. The van der Waals surface area contributed by atoms with Crippen LogP contribution in [0.4, 0.5) is 0 Å². The van der Waals surface area contributed by atoms with Crippen molar-refractivity contribution >= 4 is 10.0 Å². The fourth-order valence-electron chi connectivity index (χ4n) is 1.44. The molecule has 7 heteroatoms. The summed E-state index contributed by atoms with van der Waals surface area (Å²) in [6, 6.07) is 0. The molecule has 0 aromatic carbocycles. The third-order valence-electron chi connectivity index (χ3n) is 2.58. The van der Waals surface area contributed by atoms with Crippen molar-refractivity contribution in [3.05, 3.63) is 11.4 Å². The van der Waals surface area contributed by atoms with E-state index >= 15 is 0 Å². The summed E-state index contributed by atoms with van der Waals surface area (Å²) < 4.78 is 26.3. The van der Waals surface area contributed by atoms with E-state index < -0.39 is 16.1 Å². The fourth-order valence-corrected chi connectivity index (χ4v) is 2.86. The number of hydrogen-bond acceptors (Lipinski definition) is 4.